The standard InChI is InChI=1S/C21H18F6N6O4/c1-9-3-4-11(19(17(30)35,21(25,26)27)37-18(36)20(22,23)24)7-12(9)13-8-31-15(29)14(33-13)16(34)32-10(2)5-6-28/h3-4,7-8,10H,5H2,1-2H3,(H2,29,31)(H2,30,35)(H,32,34)/t10-,19?/m0/s1. The smallest absolute Gasteiger partial charge is 0.427 e. The number of primary amides is 1. The van der Waals surface area contributed by atoms with Gasteiger partial charge in [0.2, 0.25) is 0 Å². The third-order valence-electron chi connectivity index (χ3n) is 4.93. The quantitative estimate of drug-likeness (QED) is 0.360. The molecule has 1 unspecified atom stereocenters. The maximum Gasteiger partial charge on any atom is 0.490 e. The Balaban J connectivity index is 2.71. The first-order valence-corrected chi connectivity index (χ1v) is 10.0. The number of alkyl halides is 6. The molecule has 1 heterocycles. The van der Waals surface area contributed by atoms with Crippen LogP contribution in [0.25, 0.3) is 11.3 Å². The van der Waals surface area contributed by atoms with Gasteiger partial charge in [-0.25, -0.2) is 14.8 Å². The van der Waals surface area contributed by atoms with Gasteiger partial charge in [0.15, 0.2) is 11.5 Å². The zero-order valence-electron chi connectivity index (χ0n) is 19.0. The van der Waals surface area contributed by atoms with E-state index in [9.17, 15) is 40.7 Å². The summed E-state index contributed by atoms with van der Waals surface area (Å²) in [5, 5.41) is 11.1. The van der Waals surface area contributed by atoms with Crippen LogP contribution in [0.2, 0.25) is 0 Å². The van der Waals surface area contributed by atoms with Crippen molar-refractivity contribution in [3.05, 3.63) is 41.2 Å². The Bertz CT molecular complexity index is 1270. The molecular formula is C21H18F6N6O4. The van der Waals surface area contributed by atoms with Crippen molar-refractivity contribution in [1.29, 1.82) is 5.26 Å². The van der Waals surface area contributed by atoms with E-state index in [1.54, 1.807) is 0 Å². The summed E-state index contributed by atoms with van der Waals surface area (Å²) in [7, 11) is 0. The molecule has 2 rings (SSSR count). The zero-order chi connectivity index (χ0) is 28.3. The summed E-state index contributed by atoms with van der Waals surface area (Å²) in [6.07, 6.45) is -10.9. The van der Waals surface area contributed by atoms with Crippen molar-refractivity contribution in [2.24, 2.45) is 5.73 Å². The summed E-state index contributed by atoms with van der Waals surface area (Å²) in [5.41, 5.74) is 3.94. The van der Waals surface area contributed by atoms with E-state index < -0.39 is 53.0 Å². The van der Waals surface area contributed by atoms with Gasteiger partial charge in [0.05, 0.1) is 24.4 Å². The summed E-state index contributed by atoms with van der Waals surface area (Å²) in [6, 6.07) is 3.36. The zero-order valence-corrected chi connectivity index (χ0v) is 19.0. The number of hydrogen-bond acceptors (Lipinski definition) is 8. The number of nitrogens with one attached hydrogen (secondary N) is 1. The van der Waals surface area contributed by atoms with Crippen molar-refractivity contribution in [2.45, 2.75) is 44.3 Å². The number of nitrogen functional groups attached to an aromatic ring is 1. The van der Waals surface area contributed by atoms with Crippen LogP contribution < -0.4 is 16.8 Å². The summed E-state index contributed by atoms with van der Waals surface area (Å²) >= 11 is 0. The molecule has 1 aromatic carbocycles. The molecule has 37 heavy (non-hydrogen) atoms. The molecule has 0 aliphatic heterocycles. The second-order valence-corrected chi connectivity index (χ2v) is 7.69. The fraction of sp³-hybridized carbons (Fsp3) is 0.333. The van der Waals surface area contributed by atoms with Crippen LogP contribution >= 0.6 is 0 Å². The molecule has 1 aromatic heterocycles. The highest BCUT2D eigenvalue weighted by molar-refractivity contribution is 5.97. The van der Waals surface area contributed by atoms with E-state index in [4.69, 9.17) is 16.7 Å². The SMILES string of the molecule is Cc1ccc(C(OC(=O)C(F)(F)F)(C(N)=O)C(F)(F)F)cc1-c1cnc(N)c(C(=O)N[C@@H](C)CC#N)n1. The van der Waals surface area contributed by atoms with Crippen molar-refractivity contribution in [3.8, 4) is 17.3 Å². The third kappa shape index (κ3) is 5.88. The fourth-order valence-corrected chi connectivity index (χ4v) is 3.10. The molecule has 0 aliphatic rings. The minimum absolute atomic E-state index is 0.0663. The predicted octanol–water partition coefficient (Wildman–Crippen LogP) is 2.41. The first kappa shape index (κ1) is 28.8. The molecule has 2 aromatic rings. The third-order valence-corrected chi connectivity index (χ3v) is 4.93. The summed E-state index contributed by atoms with van der Waals surface area (Å²) in [6.45, 7) is 2.87. The molecule has 0 aliphatic carbocycles. The Morgan fingerprint density at radius 3 is 2.32 bits per heavy atom. The van der Waals surface area contributed by atoms with Crippen LogP contribution in [0.15, 0.2) is 24.4 Å². The number of aryl methyl sites for hydroxylation is 1. The number of carbonyl (C=O) groups excluding carboxylic acids is 3. The van der Waals surface area contributed by atoms with Crippen LogP contribution in [0.1, 0.15) is 35.0 Å². The lowest BCUT2D eigenvalue weighted by Crippen LogP contribution is -2.57. The van der Waals surface area contributed by atoms with E-state index in [2.05, 4.69) is 20.0 Å². The van der Waals surface area contributed by atoms with Crippen LogP contribution in [-0.4, -0.2) is 46.1 Å². The Kier molecular flexibility index (Phi) is 8.01. The number of rotatable bonds is 7. The number of ether oxygens (including phenoxy) is 1. The Morgan fingerprint density at radius 2 is 1.81 bits per heavy atom. The molecule has 0 spiro atoms. The van der Waals surface area contributed by atoms with E-state index in [-0.39, 0.29) is 29.1 Å². The van der Waals surface area contributed by atoms with Gasteiger partial charge in [-0.05, 0) is 25.5 Å². The minimum atomic E-state index is -5.92. The molecule has 198 valence electrons. The molecule has 0 radical (unpaired) electrons. The molecule has 0 bridgehead atoms. The first-order valence-electron chi connectivity index (χ1n) is 10.0. The predicted molar refractivity (Wildman–Crippen MR) is 113 cm³/mol. The molecule has 0 saturated heterocycles. The molecule has 5 N–H and O–H groups in total. The number of halogens is 6. The molecule has 10 nitrogen and oxygen atoms in total. The van der Waals surface area contributed by atoms with E-state index in [0.29, 0.717) is 12.1 Å². The van der Waals surface area contributed by atoms with Crippen LogP contribution in [-0.2, 0) is 19.9 Å². The van der Waals surface area contributed by atoms with Crippen molar-refractivity contribution in [3.63, 3.8) is 0 Å². The average molecular weight is 532 g/mol. The molecule has 0 fully saturated rings. The van der Waals surface area contributed by atoms with Gasteiger partial charge in [-0.3, -0.25) is 9.59 Å². The number of amides is 2. The Labute approximate surface area is 204 Å². The van der Waals surface area contributed by atoms with E-state index in [1.165, 1.54) is 13.8 Å². The second-order valence-electron chi connectivity index (χ2n) is 7.69. The number of nitrogens with zero attached hydrogens (tertiary/aromatic N) is 3. The monoisotopic (exact) mass is 532 g/mol. The van der Waals surface area contributed by atoms with Crippen molar-refractivity contribution < 1.29 is 45.5 Å². The maximum absolute atomic E-state index is 14.0. The average Bonchev–Trinajstić information content (AvgIpc) is 2.76. The molecule has 16 heteroatoms. The van der Waals surface area contributed by atoms with Crippen molar-refractivity contribution >= 4 is 23.6 Å². The van der Waals surface area contributed by atoms with Crippen molar-refractivity contribution in [2.75, 3.05) is 5.73 Å². The number of nitriles is 1. The van der Waals surface area contributed by atoms with Gasteiger partial charge >= 0.3 is 23.9 Å². The molecule has 2 amide bonds. The highest BCUT2D eigenvalue weighted by atomic mass is 19.4. The lowest BCUT2D eigenvalue weighted by molar-refractivity contribution is -0.280. The van der Waals surface area contributed by atoms with E-state index in [1.807, 2.05) is 6.07 Å². The van der Waals surface area contributed by atoms with Crippen LogP contribution in [0, 0.1) is 18.3 Å². The molecule has 0 saturated carbocycles. The number of aromatic nitrogens is 2. The maximum atomic E-state index is 14.0. The lowest BCUT2D eigenvalue weighted by Gasteiger charge is -2.33. The molecule has 2 atom stereocenters. The van der Waals surface area contributed by atoms with Gasteiger partial charge in [0, 0.05) is 17.2 Å². The molecular weight excluding hydrogens is 514 g/mol. The van der Waals surface area contributed by atoms with Gasteiger partial charge in [-0.1, -0.05) is 12.1 Å². The van der Waals surface area contributed by atoms with Crippen LogP contribution in [0.3, 0.4) is 0 Å². The number of anilines is 1. The van der Waals surface area contributed by atoms with Gasteiger partial charge < -0.3 is 21.5 Å². The number of benzene rings is 1. The summed E-state index contributed by atoms with van der Waals surface area (Å²) in [4.78, 5) is 43.6. The highest BCUT2D eigenvalue weighted by Gasteiger charge is 2.66. The lowest BCUT2D eigenvalue weighted by atomic mass is 9.88. The summed E-state index contributed by atoms with van der Waals surface area (Å²) in [5.74, 6) is -6.99. The number of esters is 1. The minimum Gasteiger partial charge on any atom is -0.427 e. The first-order chi connectivity index (χ1) is 17.0. The fourth-order valence-electron chi connectivity index (χ4n) is 3.10. The number of hydrogen-bond donors (Lipinski definition) is 3. The van der Waals surface area contributed by atoms with Gasteiger partial charge in [-0.15, -0.1) is 0 Å². The van der Waals surface area contributed by atoms with E-state index in [0.717, 1.165) is 12.3 Å². The Morgan fingerprint density at radius 1 is 1.19 bits per heavy atom. The van der Waals surface area contributed by atoms with Crippen LogP contribution in [0.4, 0.5) is 32.2 Å². The van der Waals surface area contributed by atoms with Crippen LogP contribution in [0.5, 0.6) is 0 Å². The van der Waals surface area contributed by atoms with Gasteiger partial charge in [0.25, 0.3) is 11.8 Å². The largest absolute Gasteiger partial charge is 0.490 e. The number of nitrogens with two attached hydrogens (primary N) is 2. The topological polar surface area (TPSA) is 174 Å². The normalized spacial score (nSPS) is 14.1. The number of carbonyl (C=O) groups is 3. The summed E-state index contributed by atoms with van der Waals surface area (Å²) < 4.78 is 84.1. The van der Waals surface area contributed by atoms with Gasteiger partial charge in [-0.2, -0.15) is 31.6 Å². The van der Waals surface area contributed by atoms with Crippen molar-refractivity contribution in [1.82, 2.24) is 15.3 Å². The second kappa shape index (κ2) is 10.3. The highest BCUT2D eigenvalue weighted by Crippen LogP contribution is 2.44. The van der Waals surface area contributed by atoms with E-state index >= 15 is 0 Å². The Hall–Kier alpha value is -4.42. The van der Waals surface area contributed by atoms with Gasteiger partial charge in [0.1, 0.15) is 0 Å².